The molecule has 0 bridgehead atoms. The molecule has 0 aromatic carbocycles. The fourth-order valence-corrected chi connectivity index (χ4v) is 3.23. The fraction of sp³-hybridized carbons (Fsp3) is 0.600. The maximum absolute atomic E-state index is 12.9. The maximum atomic E-state index is 12.9. The molecule has 0 radical (unpaired) electrons. The van der Waals surface area contributed by atoms with Crippen molar-refractivity contribution in [2.45, 2.75) is 45.2 Å². The quantitative estimate of drug-likeness (QED) is 0.570. The minimum atomic E-state index is -0.534. The van der Waals surface area contributed by atoms with Gasteiger partial charge in [-0.1, -0.05) is 18.6 Å². The van der Waals surface area contributed by atoms with Gasteiger partial charge in [0.2, 0.25) is 5.69 Å². The van der Waals surface area contributed by atoms with Crippen LogP contribution in [0.15, 0.2) is 6.20 Å². The largest absolute Gasteiger partial charge is 0.335 e. The number of aromatic nitrogens is 5. The van der Waals surface area contributed by atoms with Crippen LogP contribution in [0.5, 0.6) is 0 Å². The van der Waals surface area contributed by atoms with Crippen LogP contribution in [-0.4, -0.2) is 54.0 Å². The SMILES string of the molecule is CCCc1[nH]nc(C(=O)N2CCCC(n3cc(CN)nn3)C2)c1[N+](=O)[O-]. The van der Waals surface area contributed by atoms with E-state index in [1.807, 2.05) is 6.92 Å². The van der Waals surface area contributed by atoms with Crippen LogP contribution in [0, 0.1) is 10.1 Å². The van der Waals surface area contributed by atoms with Crippen molar-refractivity contribution in [1.29, 1.82) is 0 Å². The lowest BCUT2D eigenvalue weighted by molar-refractivity contribution is -0.385. The topological polar surface area (TPSA) is 149 Å². The van der Waals surface area contributed by atoms with Crippen molar-refractivity contribution >= 4 is 11.6 Å². The van der Waals surface area contributed by atoms with Gasteiger partial charge in [0.25, 0.3) is 5.91 Å². The summed E-state index contributed by atoms with van der Waals surface area (Å²) < 4.78 is 1.71. The van der Waals surface area contributed by atoms with Gasteiger partial charge < -0.3 is 10.6 Å². The summed E-state index contributed by atoms with van der Waals surface area (Å²) in [4.78, 5) is 25.3. The van der Waals surface area contributed by atoms with Gasteiger partial charge in [-0.15, -0.1) is 5.10 Å². The Morgan fingerprint density at radius 1 is 1.54 bits per heavy atom. The minimum absolute atomic E-state index is 0.0337. The van der Waals surface area contributed by atoms with Crippen molar-refractivity contribution in [3.63, 3.8) is 0 Å². The molecule has 1 unspecified atom stereocenters. The van der Waals surface area contributed by atoms with Crippen LogP contribution in [0.3, 0.4) is 0 Å². The first-order valence-electron chi connectivity index (χ1n) is 8.66. The second kappa shape index (κ2) is 7.60. The fourth-order valence-electron chi connectivity index (χ4n) is 3.23. The average molecular weight is 362 g/mol. The van der Waals surface area contributed by atoms with E-state index < -0.39 is 10.8 Å². The van der Waals surface area contributed by atoms with Crippen LogP contribution >= 0.6 is 0 Å². The summed E-state index contributed by atoms with van der Waals surface area (Å²) in [5, 5.41) is 26.1. The number of H-pyrrole nitrogens is 1. The molecule has 11 heteroatoms. The second-order valence-electron chi connectivity index (χ2n) is 6.35. The molecule has 26 heavy (non-hydrogen) atoms. The van der Waals surface area contributed by atoms with E-state index in [-0.39, 0.29) is 17.4 Å². The number of carbonyl (C=O) groups is 1. The standard InChI is InChI=1S/C15H22N8O3/c1-2-4-12-14(23(25)26)13(19-18-12)15(24)21-6-3-5-11(9-21)22-8-10(7-16)17-20-22/h8,11H,2-7,9,16H2,1H3,(H,18,19). The lowest BCUT2D eigenvalue weighted by Gasteiger charge is -2.32. The highest BCUT2D eigenvalue weighted by Gasteiger charge is 2.34. The van der Waals surface area contributed by atoms with E-state index in [0.29, 0.717) is 37.4 Å². The van der Waals surface area contributed by atoms with Crippen LogP contribution < -0.4 is 5.73 Å². The molecule has 0 spiro atoms. The molecule has 2 aromatic rings. The molecular weight excluding hydrogens is 340 g/mol. The van der Waals surface area contributed by atoms with Gasteiger partial charge in [0.15, 0.2) is 0 Å². The molecule has 3 heterocycles. The van der Waals surface area contributed by atoms with E-state index in [0.717, 1.165) is 19.3 Å². The van der Waals surface area contributed by atoms with E-state index in [2.05, 4.69) is 20.5 Å². The van der Waals surface area contributed by atoms with E-state index in [1.54, 1.807) is 15.8 Å². The van der Waals surface area contributed by atoms with Gasteiger partial charge in [-0.05, 0) is 19.3 Å². The van der Waals surface area contributed by atoms with Gasteiger partial charge in [0.1, 0.15) is 5.69 Å². The number of piperidine rings is 1. The summed E-state index contributed by atoms with van der Waals surface area (Å²) >= 11 is 0. The summed E-state index contributed by atoms with van der Waals surface area (Å²) in [6.07, 6.45) is 4.59. The molecule has 0 saturated carbocycles. The molecule has 1 aliphatic heterocycles. The number of likely N-dealkylation sites (tertiary alicyclic amines) is 1. The van der Waals surface area contributed by atoms with Gasteiger partial charge in [-0.2, -0.15) is 5.10 Å². The zero-order valence-corrected chi connectivity index (χ0v) is 14.6. The molecule has 3 N–H and O–H groups in total. The number of amides is 1. The lowest BCUT2D eigenvalue weighted by atomic mass is 10.1. The Balaban J connectivity index is 1.80. The van der Waals surface area contributed by atoms with Crippen molar-refractivity contribution in [3.8, 4) is 0 Å². The smallest absolute Gasteiger partial charge is 0.322 e. The molecule has 1 fully saturated rings. The monoisotopic (exact) mass is 362 g/mol. The third-order valence-corrected chi connectivity index (χ3v) is 4.52. The van der Waals surface area contributed by atoms with Crippen molar-refractivity contribution < 1.29 is 9.72 Å². The molecule has 1 amide bonds. The number of nitrogens with one attached hydrogen (secondary N) is 1. The predicted molar refractivity (Wildman–Crippen MR) is 91.3 cm³/mol. The Hall–Kier alpha value is -2.82. The van der Waals surface area contributed by atoms with Crippen molar-refractivity contribution in [1.82, 2.24) is 30.1 Å². The van der Waals surface area contributed by atoms with E-state index in [4.69, 9.17) is 5.73 Å². The molecule has 0 aliphatic carbocycles. The van der Waals surface area contributed by atoms with Crippen LogP contribution in [0.1, 0.15) is 54.1 Å². The Labute approximate surface area is 149 Å². The Kier molecular flexibility index (Phi) is 5.26. The van der Waals surface area contributed by atoms with Crippen molar-refractivity contribution in [2.75, 3.05) is 13.1 Å². The summed E-state index contributed by atoms with van der Waals surface area (Å²) in [5.41, 5.74) is 6.29. The molecular formula is C15H22N8O3. The minimum Gasteiger partial charge on any atom is -0.335 e. The van der Waals surface area contributed by atoms with Crippen molar-refractivity contribution in [2.24, 2.45) is 5.73 Å². The highest BCUT2D eigenvalue weighted by atomic mass is 16.6. The highest BCUT2D eigenvalue weighted by Crippen LogP contribution is 2.27. The Morgan fingerprint density at radius 2 is 2.35 bits per heavy atom. The van der Waals surface area contributed by atoms with Crippen LogP contribution in [0.25, 0.3) is 0 Å². The Bertz CT molecular complexity index is 799. The number of nitrogens with zero attached hydrogens (tertiary/aromatic N) is 6. The number of hydrogen-bond donors (Lipinski definition) is 2. The summed E-state index contributed by atoms with van der Waals surface area (Å²) in [6, 6.07) is -0.0337. The number of hydrogen-bond acceptors (Lipinski definition) is 7. The third kappa shape index (κ3) is 3.43. The van der Waals surface area contributed by atoms with Crippen LogP contribution in [0.4, 0.5) is 5.69 Å². The van der Waals surface area contributed by atoms with Crippen LogP contribution in [0.2, 0.25) is 0 Å². The van der Waals surface area contributed by atoms with Gasteiger partial charge in [-0.25, -0.2) is 4.68 Å². The van der Waals surface area contributed by atoms with E-state index in [9.17, 15) is 14.9 Å². The number of nitrogens with two attached hydrogens (primary N) is 1. The van der Waals surface area contributed by atoms with Gasteiger partial charge in [0.05, 0.1) is 22.9 Å². The van der Waals surface area contributed by atoms with Crippen LogP contribution in [-0.2, 0) is 13.0 Å². The molecule has 1 saturated heterocycles. The molecule has 11 nitrogen and oxygen atoms in total. The second-order valence-corrected chi connectivity index (χ2v) is 6.35. The third-order valence-electron chi connectivity index (χ3n) is 4.52. The van der Waals surface area contributed by atoms with E-state index >= 15 is 0 Å². The van der Waals surface area contributed by atoms with Gasteiger partial charge in [-0.3, -0.25) is 20.0 Å². The van der Waals surface area contributed by atoms with Gasteiger partial charge in [0, 0.05) is 19.6 Å². The average Bonchev–Trinajstić information content (AvgIpc) is 3.28. The molecule has 2 aromatic heterocycles. The first-order chi connectivity index (χ1) is 12.5. The summed E-state index contributed by atoms with van der Waals surface area (Å²) in [7, 11) is 0. The highest BCUT2D eigenvalue weighted by molar-refractivity contribution is 5.96. The lowest BCUT2D eigenvalue weighted by Crippen LogP contribution is -2.41. The number of aryl methyl sites for hydroxylation is 1. The predicted octanol–water partition coefficient (Wildman–Crippen LogP) is 0.798. The molecule has 140 valence electrons. The number of rotatable bonds is 6. The number of aromatic amines is 1. The van der Waals surface area contributed by atoms with E-state index in [1.165, 1.54) is 0 Å². The molecule has 1 atom stereocenters. The summed E-state index contributed by atoms with van der Waals surface area (Å²) in [6.45, 7) is 3.14. The summed E-state index contributed by atoms with van der Waals surface area (Å²) in [5.74, 6) is -0.431. The number of nitro groups is 1. The van der Waals surface area contributed by atoms with Gasteiger partial charge >= 0.3 is 5.69 Å². The zero-order chi connectivity index (χ0) is 18.7. The van der Waals surface area contributed by atoms with Crippen molar-refractivity contribution in [3.05, 3.63) is 33.4 Å². The molecule has 3 rings (SSSR count). The number of carbonyl (C=O) groups excluding carboxylic acids is 1. The maximum Gasteiger partial charge on any atom is 0.322 e. The first-order valence-corrected chi connectivity index (χ1v) is 8.66. The normalized spacial score (nSPS) is 17.5. The molecule has 1 aliphatic rings. The Morgan fingerprint density at radius 3 is 3.00 bits per heavy atom. The zero-order valence-electron chi connectivity index (χ0n) is 14.6. The first kappa shape index (κ1) is 18.0.